The molecule has 4 rings (SSSR count). The number of hydrogen-bond donors (Lipinski definition) is 2. The molecule has 7 heteroatoms. The zero-order chi connectivity index (χ0) is 20.4. The number of rotatable bonds is 4. The molecular formula is C22H24N4O3. The molecule has 0 saturated carbocycles. The molecule has 0 radical (unpaired) electrons. The fourth-order valence-corrected chi connectivity index (χ4v) is 3.86. The van der Waals surface area contributed by atoms with E-state index >= 15 is 0 Å². The largest absolute Gasteiger partial charge is 0.465 e. The Morgan fingerprint density at radius 1 is 1.21 bits per heavy atom. The van der Waals surface area contributed by atoms with Crippen molar-refractivity contribution < 1.29 is 14.3 Å². The number of methoxy groups -OCH3 is 1. The Labute approximate surface area is 169 Å². The first-order valence-electron chi connectivity index (χ1n) is 9.73. The maximum absolute atomic E-state index is 13.1. The van der Waals surface area contributed by atoms with Crippen molar-refractivity contribution in [3.8, 4) is 0 Å². The summed E-state index contributed by atoms with van der Waals surface area (Å²) >= 11 is 0. The van der Waals surface area contributed by atoms with Crippen LogP contribution in [-0.4, -0.2) is 53.2 Å². The third kappa shape index (κ3) is 3.94. The highest BCUT2D eigenvalue weighted by Gasteiger charge is 2.25. The molecule has 1 aliphatic rings. The number of fused-ring (bicyclic) bond motifs is 1. The molecule has 1 saturated heterocycles. The molecule has 7 nitrogen and oxygen atoms in total. The first-order valence-corrected chi connectivity index (χ1v) is 9.73. The number of carbonyl (C=O) groups excluding carboxylic acids is 2. The summed E-state index contributed by atoms with van der Waals surface area (Å²) in [5.41, 5.74) is 3.92. The Morgan fingerprint density at radius 3 is 2.76 bits per heavy atom. The van der Waals surface area contributed by atoms with Crippen molar-refractivity contribution in [2.24, 2.45) is 0 Å². The molecule has 1 amide bonds. The number of hydrogen-bond acceptors (Lipinski definition) is 5. The molecule has 2 aromatic carbocycles. The molecule has 0 bridgehead atoms. The van der Waals surface area contributed by atoms with Crippen molar-refractivity contribution in [1.29, 1.82) is 0 Å². The summed E-state index contributed by atoms with van der Waals surface area (Å²) in [6.45, 7) is 3.34. The van der Waals surface area contributed by atoms with Gasteiger partial charge in [-0.05, 0) is 55.7 Å². The molecule has 1 aromatic heterocycles. The first kappa shape index (κ1) is 19.0. The molecule has 1 aliphatic heterocycles. The Morgan fingerprint density at radius 2 is 2.00 bits per heavy atom. The zero-order valence-corrected chi connectivity index (χ0v) is 16.6. The fourth-order valence-electron chi connectivity index (χ4n) is 3.86. The number of anilines is 1. The van der Waals surface area contributed by atoms with Crippen molar-refractivity contribution in [2.45, 2.75) is 25.8 Å². The molecule has 1 fully saturated rings. The molecule has 3 aromatic rings. The van der Waals surface area contributed by atoms with E-state index in [4.69, 9.17) is 4.74 Å². The summed E-state index contributed by atoms with van der Waals surface area (Å²) in [6, 6.07) is 11.5. The number of nitrogens with zero attached hydrogens (tertiary/aromatic N) is 2. The number of piperidine rings is 1. The van der Waals surface area contributed by atoms with Gasteiger partial charge in [-0.3, -0.25) is 9.89 Å². The Balaban J connectivity index is 1.41. The maximum Gasteiger partial charge on any atom is 0.337 e. The fraction of sp³-hybridized carbons (Fsp3) is 0.318. The van der Waals surface area contributed by atoms with Crippen LogP contribution in [0.3, 0.4) is 0 Å². The van der Waals surface area contributed by atoms with Crippen molar-refractivity contribution >= 4 is 28.5 Å². The number of aromatic amines is 1. The van der Waals surface area contributed by atoms with E-state index in [9.17, 15) is 9.59 Å². The lowest BCUT2D eigenvalue weighted by atomic mass is 10.0. The lowest BCUT2D eigenvalue weighted by Gasteiger charge is -2.33. The van der Waals surface area contributed by atoms with Gasteiger partial charge < -0.3 is 15.0 Å². The lowest BCUT2D eigenvalue weighted by molar-refractivity contribution is 0.0600. The number of aryl methyl sites for hydroxylation is 1. The molecule has 29 heavy (non-hydrogen) atoms. The summed E-state index contributed by atoms with van der Waals surface area (Å²) in [7, 11) is 1.38. The van der Waals surface area contributed by atoms with Crippen LogP contribution in [0.1, 0.15) is 39.1 Å². The molecular weight excluding hydrogens is 368 g/mol. The second kappa shape index (κ2) is 7.95. The van der Waals surface area contributed by atoms with Gasteiger partial charge in [-0.25, -0.2) is 4.79 Å². The van der Waals surface area contributed by atoms with Crippen LogP contribution in [0.15, 0.2) is 42.6 Å². The summed E-state index contributed by atoms with van der Waals surface area (Å²) in [5.74, 6) is -0.313. The molecule has 0 atom stereocenters. The second-order valence-corrected chi connectivity index (χ2v) is 7.43. The van der Waals surface area contributed by atoms with E-state index in [-0.39, 0.29) is 17.9 Å². The van der Waals surface area contributed by atoms with Crippen molar-refractivity contribution in [1.82, 2.24) is 15.1 Å². The predicted molar refractivity (Wildman–Crippen MR) is 111 cm³/mol. The van der Waals surface area contributed by atoms with Crippen LogP contribution in [-0.2, 0) is 4.74 Å². The van der Waals surface area contributed by atoms with E-state index in [2.05, 4.69) is 15.5 Å². The highest BCUT2D eigenvalue weighted by Crippen LogP contribution is 2.23. The summed E-state index contributed by atoms with van der Waals surface area (Å²) in [5, 5.41) is 11.5. The van der Waals surface area contributed by atoms with Crippen molar-refractivity contribution in [3.05, 3.63) is 59.3 Å². The lowest BCUT2D eigenvalue weighted by Crippen LogP contribution is -2.42. The quantitative estimate of drug-likeness (QED) is 0.665. The number of nitrogens with one attached hydrogen (secondary N) is 2. The standard InChI is InChI=1S/C22H24N4O3/c1-14-10-16-13-23-25-20(16)19(11-14)21(27)26-8-6-17(7-9-26)24-18-5-3-4-15(12-18)22(28)29-2/h3-5,10-13,17,24H,6-9H2,1-2H3,(H,23,25). The highest BCUT2D eigenvalue weighted by molar-refractivity contribution is 6.05. The zero-order valence-electron chi connectivity index (χ0n) is 16.6. The normalized spacial score (nSPS) is 14.8. The van der Waals surface area contributed by atoms with Crippen LogP contribution in [0, 0.1) is 6.92 Å². The van der Waals surface area contributed by atoms with E-state index in [1.165, 1.54) is 7.11 Å². The number of likely N-dealkylation sites (tertiary alicyclic amines) is 1. The molecule has 2 heterocycles. The molecule has 2 N–H and O–H groups in total. The van der Waals surface area contributed by atoms with Gasteiger partial charge in [0.25, 0.3) is 5.91 Å². The Hall–Kier alpha value is -3.35. The van der Waals surface area contributed by atoms with Gasteiger partial charge in [0.2, 0.25) is 0 Å². The number of ether oxygens (including phenoxy) is 1. The maximum atomic E-state index is 13.1. The first-order chi connectivity index (χ1) is 14.0. The minimum Gasteiger partial charge on any atom is -0.465 e. The minimum absolute atomic E-state index is 0.0362. The van der Waals surface area contributed by atoms with Gasteiger partial charge >= 0.3 is 5.97 Å². The third-order valence-corrected chi connectivity index (χ3v) is 5.36. The molecule has 0 spiro atoms. The Kier molecular flexibility index (Phi) is 5.20. The SMILES string of the molecule is COC(=O)c1cccc(NC2CCN(C(=O)c3cc(C)cc4cn[nH]c34)CC2)c1. The van der Waals surface area contributed by atoms with Gasteiger partial charge in [-0.15, -0.1) is 0 Å². The molecule has 0 unspecified atom stereocenters. The molecule has 150 valence electrons. The van der Waals surface area contributed by atoms with Crippen LogP contribution >= 0.6 is 0 Å². The Bertz CT molecular complexity index is 1050. The summed E-state index contributed by atoms with van der Waals surface area (Å²) < 4.78 is 4.78. The number of benzene rings is 2. The topological polar surface area (TPSA) is 87.3 Å². The van der Waals surface area contributed by atoms with Crippen LogP contribution in [0.5, 0.6) is 0 Å². The van der Waals surface area contributed by atoms with Crippen LogP contribution < -0.4 is 5.32 Å². The minimum atomic E-state index is -0.350. The average Bonchev–Trinajstić information content (AvgIpc) is 3.21. The van der Waals surface area contributed by atoms with Crippen molar-refractivity contribution in [3.63, 3.8) is 0 Å². The van der Waals surface area contributed by atoms with Crippen LogP contribution in [0.25, 0.3) is 10.9 Å². The number of esters is 1. The van der Waals surface area contributed by atoms with Gasteiger partial charge in [0, 0.05) is 30.2 Å². The monoisotopic (exact) mass is 392 g/mol. The van der Waals surface area contributed by atoms with Gasteiger partial charge in [-0.1, -0.05) is 6.07 Å². The third-order valence-electron chi connectivity index (χ3n) is 5.36. The van der Waals surface area contributed by atoms with Crippen molar-refractivity contribution in [2.75, 3.05) is 25.5 Å². The van der Waals surface area contributed by atoms with Gasteiger partial charge in [0.15, 0.2) is 0 Å². The molecule has 0 aliphatic carbocycles. The van der Waals surface area contributed by atoms with Gasteiger partial charge in [0.1, 0.15) is 0 Å². The van der Waals surface area contributed by atoms with Crippen LogP contribution in [0.4, 0.5) is 5.69 Å². The van der Waals surface area contributed by atoms with E-state index in [1.54, 1.807) is 18.3 Å². The van der Waals surface area contributed by atoms with E-state index in [0.717, 1.165) is 35.0 Å². The van der Waals surface area contributed by atoms with Gasteiger partial charge in [-0.2, -0.15) is 5.10 Å². The van der Waals surface area contributed by atoms with E-state index in [1.807, 2.05) is 36.1 Å². The van der Waals surface area contributed by atoms with Gasteiger partial charge in [0.05, 0.1) is 30.0 Å². The number of aromatic nitrogens is 2. The van der Waals surface area contributed by atoms with E-state index < -0.39 is 0 Å². The second-order valence-electron chi connectivity index (χ2n) is 7.43. The number of carbonyl (C=O) groups is 2. The predicted octanol–water partition coefficient (Wildman–Crippen LogP) is 3.37. The summed E-state index contributed by atoms with van der Waals surface area (Å²) in [4.78, 5) is 26.7. The highest BCUT2D eigenvalue weighted by atomic mass is 16.5. The number of H-pyrrole nitrogens is 1. The average molecular weight is 392 g/mol. The van der Waals surface area contributed by atoms with E-state index in [0.29, 0.717) is 24.2 Å². The summed E-state index contributed by atoms with van der Waals surface area (Å²) in [6.07, 6.45) is 3.43. The smallest absolute Gasteiger partial charge is 0.337 e. The number of amides is 1. The van der Waals surface area contributed by atoms with Crippen LogP contribution in [0.2, 0.25) is 0 Å².